The van der Waals surface area contributed by atoms with E-state index in [1.54, 1.807) is 12.4 Å². The molecule has 0 bridgehead atoms. The van der Waals surface area contributed by atoms with E-state index >= 15 is 0 Å². The van der Waals surface area contributed by atoms with E-state index in [0.717, 1.165) is 17.9 Å². The van der Waals surface area contributed by atoms with E-state index in [0.29, 0.717) is 6.54 Å². The van der Waals surface area contributed by atoms with Crippen molar-refractivity contribution in [2.75, 3.05) is 5.32 Å². The van der Waals surface area contributed by atoms with Crippen molar-refractivity contribution in [3.63, 3.8) is 0 Å². The lowest BCUT2D eigenvalue weighted by Crippen LogP contribution is -2.08. The Hall–Kier alpha value is -1.63. The summed E-state index contributed by atoms with van der Waals surface area (Å²) in [5.74, 6) is 0. The molecule has 0 aliphatic carbocycles. The molecule has 0 aromatic carbocycles. The van der Waals surface area contributed by atoms with Gasteiger partial charge in [-0.15, -0.1) is 12.4 Å². The lowest BCUT2D eigenvalue weighted by atomic mass is 10.4. The van der Waals surface area contributed by atoms with Gasteiger partial charge < -0.3 is 5.32 Å². The van der Waals surface area contributed by atoms with Gasteiger partial charge in [0.25, 0.3) is 6.43 Å². The van der Waals surface area contributed by atoms with Crippen LogP contribution in [-0.2, 0) is 19.6 Å². The molecule has 0 fully saturated rings. The second-order valence-corrected chi connectivity index (χ2v) is 3.83. The molecule has 106 valence electrons. The van der Waals surface area contributed by atoms with Gasteiger partial charge in [0.1, 0.15) is 6.54 Å². The fourth-order valence-electron chi connectivity index (χ4n) is 1.68. The van der Waals surface area contributed by atoms with Crippen molar-refractivity contribution < 1.29 is 8.78 Å². The number of halogens is 3. The molecule has 8 heteroatoms. The number of hydrogen-bond acceptors (Lipinski definition) is 3. The second kappa shape index (κ2) is 7.08. The fourth-order valence-corrected chi connectivity index (χ4v) is 1.68. The maximum Gasteiger partial charge on any atom is 0.257 e. The first-order valence-corrected chi connectivity index (χ1v) is 5.74. The summed E-state index contributed by atoms with van der Waals surface area (Å²) in [5, 5.41) is 11.1. The highest BCUT2D eigenvalue weighted by atomic mass is 35.5. The largest absolute Gasteiger partial charge is 0.377 e. The van der Waals surface area contributed by atoms with E-state index in [9.17, 15) is 8.78 Å². The van der Waals surface area contributed by atoms with Crippen LogP contribution in [0.2, 0.25) is 0 Å². The third-order valence-corrected chi connectivity index (χ3v) is 2.54. The molecule has 0 unspecified atom stereocenters. The standard InChI is InChI=1S/C11H15F2N5.ClH/c1-2-18-10(3-4-15-18)6-14-9-5-16-17(7-9)8-11(12)13;/h3-5,7,11,14H,2,6,8H2,1H3;1H. The van der Waals surface area contributed by atoms with E-state index in [1.165, 1.54) is 10.9 Å². The maximum atomic E-state index is 12.1. The van der Waals surface area contributed by atoms with Crippen molar-refractivity contribution in [1.29, 1.82) is 0 Å². The molecule has 0 radical (unpaired) electrons. The molecular formula is C11H16ClF2N5. The summed E-state index contributed by atoms with van der Waals surface area (Å²) in [6, 6.07) is 1.92. The van der Waals surface area contributed by atoms with Crippen LogP contribution in [0.25, 0.3) is 0 Å². The highest BCUT2D eigenvalue weighted by molar-refractivity contribution is 5.85. The van der Waals surface area contributed by atoms with Gasteiger partial charge >= 0.3 is 0 Å². The van der Waals surface area contributed by atoms with Crippen molar-refractivity contribution >= 4 is 18.1 Å². The summed E-state index contributed by atoms with van der Waals surface area (Å²) in [5.41, 5.74) is 1.76. The Morgan fingerprint density at radius 3 is 2.84 bits per heavy atom. The zero-order chi connectivity index (χ0) is 13.0. The summed E-state index contributed by atoms with van der Waals surface area (Å²) in [7, 11) is 0. The summed E-state index contributed by atoms with van der Waals surface area (Å²) in [6.45, 7) is 3.02. The van der Waals surface area contributed by atoms with Crippen LogP contribution in [0.1, 0.15) is 12.6 Å². The third-order valence-electron chi connectivity index (χ3n) is 2.54. The number of nitrogens with zero attached hydrogens (tertiary/aromatic N) is 4. The highest BCUT2D eigenvalue weighted by Crippen LogP contribution is 2.09. The molecule has 2 heterocycles. The zero-order valence-electron chi connectivity index (χ0n) is 10.5. The van der Waals surface area contributed by atoms with Crippen LogP contribution in [0.3, 0.4) is 0 Å². The predicted octanol–water partition coefficient (Wildman–Crippen LogP) is 2.40. The maximum absolute atomic E-state index is 12.1. The third kappa shape index (κ3) is 4.20. The molecule has 0 amide bonds. The minimum atomic E-state index is -2.39. The highest BCUT2D eigenvalue weighted by Gasteiger charge is 2.06. The number of alkyl halides is 2. The Morgan fingerprint density at radius 1 is 1.37 bits per heavy atom. The summed E-state index contributed by atoms with van der Waals surface area (Å²) in [6.07, 6.45) is 2.45. The quantitative estimate of drug-likeness (QED) is 0.889. The summed E-state index contributed by atoms with van der Waals surface area (Å²) >= 11 is 0. The minimum Gasteiger partial charge on any atom is -0.377 e. The molecule has 2 aromatic heterocycles. The lowest BCUT2D eigenvalue weighted by molar-refractivity contribution is 0.122. The smallest absolute Gasteiger partial charge is 0.257 e. The van der Waals surface area contributed by atoms with Gasteiger partial charge in [0.15, 0.2) is 0 Å². The number of nitrogens with one attached hydrogen (secondary N) is 1. The summed E-state index contributed by atoms with van der Waals surface area (Å²) < 4.78 is 27.4. The molecular weight excluding hydrogens is 276 g/mol. The molecule has 2 rings (SSSR count). The fraction of sp³-hybridized carbons (Fsp3) is 0.455. The first-order valence-electron chi connectivity index (χ1n) is 5.74. The van der Waals surface area contributed by atoms with E-state index in [1.807, 2.05) is 17.7 Å². The van der Waals surface area contributed by atoms with E-state index in [4.69, 9.17) is 0 Å². The molecule has 0 saturated heterocycles. The number of rotatable bonds is 6. The Balaban J connectivity index is 0.00000180. The topological polar surface area (TPSA) is 47.7 Å². The van der Waals surface area contributed by atoms with Crippen LogP contribution < -0.4 is 5.32 Å². The Morgan fingerprint density at radius 2 is 2.16 bits per heavy atom. The second-order valence-electron chi connectivity index (χ2n) is 3.83. The first-order chi connectivity index (χ1) is 8.69. The average Bonchev–Trinajstić information content (AvgIpc) is 2.93. The monoisotopic (exact) mass is 291 g/mol. The first kappa shape index (κ1) is 15.4. The van der Waals surface area contributed by atoms with Crippen molar-refractivity contribution in [1.82, 2.24) is 19.6 Å². The molecule has 0 aliphatic heterocycles. The normalized spacial score (nSPS) is 10.5. The zero-order valence-corrected chi connectivity index (χ0v) is 11.3. The summed E-state index contributed by atoms with van der Waals surface area (Å²) in [4.78, 5) is 0. The van der Waals surface area contributed by atoms with Crippen LogP contribution in [0, 0.1) is 0 Å². The molecule has 2 aromatic rings. The van der Waals surface area contributed by atoms with Crippen LogP contribution in [0.4, 0.5) is 14.5 Å². The van der Waals surface area contributed by atoms with Crippen molar-refractivity contribution in [2.45, 2.75) is 33.0 Å². The van der Waals surface area contributed by atoms with Crippen LogP contribution in [-0.4, -0.2) is 26.0 Å². The number of aryl methyl sites for hydroxylation is 1. The SMILES string of the molecule is CCn1nccc1CNc1cnn(CC(F)F)c1.Cl. The Bertz CT molecular complexity index is 497. The molecule has 1 N–H and O–H groups in total. The van der Waals surface area contributed by atoms with Crippen LogP contribution in [0.15, 0.2) is 24.7 Å². The molecule has 0 spiro atoms. The molecule has 0 saturated carbocycles. The Labute approximate surface area is 116 Å². The van der Waals surface area contributed by atoms with Gasteiger partial charge in [-0.2, -0.15) is 10.2 Å². The van der Waals surface area contributed by atoms with E-state index in [-0.39, 0.29) is 19.0 Å². The number of aromatic nitrogens is 4. The number of anilines is 1. The van der Waals surface area contributed by atoms with Crippen LogP contribution >= 0.6 is 12.4 Å². The predicted molar refractivity (Wildman–Crippen MR) is 70.7 cm³/mol. The lowest BCUT2D eigenvalue weighted by Gasteiger charge is -2.05. The van der Waals surface area contributed by atoms with Gasteiger partial charge in [0.05, 0.1) is 24.1 Å². The van der Waals surface area contributed by atoms with Crippen molar-refractivity contribution in [3.8, 4) is 0 Å². The van der Waals surface area contributed by atoms with E-state index in [2.05, 4.69) is 15.5 Å². The van der Waals surface area contributed by atoms with Gasteiger partial charge in [0, 0.05) is 18.9 Å². The van der Waals surface area contributed by atoms with E-state index < -0.39 is 6.43 Å². The van der Waals surface area contributed by atoms with Gasteiger partial charge in [-0.25, -0.2) is 8.78 Å². The van der Waals surface area contributed by atoms with Gasteiger partial charge in [-0.3, -0.25) is 9.36 Å². The van der Waals surface area contributed by atoms with Gasteiger partial charge in [0.2, 0.25) is 0 Å². The average molecular weight is 292 g/mol. The van der Waals surface area contributed by atoms with Crippen molar-refractivity contribution in [3.05, 3.63) is 30.4 Å². The van der Waals surface area contributed by atoms with Gasteiger partial charge in [-0.05, 0) is 13.0 Å². The van der Waals surface area contributed by atoms with Crippen molar-refractivity contribution in [2.24, 2.45) is 0 Å². The number of hydrogen-bond donors (Lipinski definition) is 1. The molecule has 0 aliphatic rings. The minimum absolute atomic E-state index is 0. The molecule has 19 heavy (non-hydrogen) atoms. The molecule has 5 nitrogen and oxygen atoms in total. The molecule has 0 atom stereocenters. The Kier molecular flexibility index (Phi) is 5.75. The van der Waals surface area contributed by atoms with Gasteiger partial charge in [-0.1, -0.05) is 0 Å². The van der Waals surface area contributed by atoms with Crippen LogP contribution in [0.5, 0.6) is 0 Å².